The number of aliphatic carboxylic acids is 1. The van der Waals surface area contributed by atoms with E-state index in [1.165, 1.54) is 6.20 Å². The second-order valence-electron chi connectivity index (χ2n) is 4.22. The van der Waals surface area contributed by atoms with Gasteiger partial charge in [0.05, 0.1) is 10.4 Å². The SMILES string of the molecule is O=C(O)CCCNc1c([N+](=O)[O-])cnc2ccccc12. The molecule has 1 aromatic carbocycles. The summed E-state index contributed by atoms with van der Waals surface area (Å²) in [6.07, 6.45) is 1.62. The largest absolute Gasteiger partial charge is 0.481 e. The van der Waals surface area contributed by atoms with Gasteiger partial charge >= 0.3 is 11.7 Å². The first-order valence-electron chi connectivity index (χ1n) is 6.07. The minimum Gasteiger partial charge on any atom is -0.481 e. The summed E-state index contributed by atoms with van der Waals surface area (Å²) in [4.78, 5) is 25.0. The number of carboxylic acid groups (broad SMARTS) is 1. The first kappa shape index (κ1) is 13.7. The molecule has 7 heteroatoms. The van der Waals surface area contributed by atoms with Crippen LogP contribution < -0.4 is 5.32 Å². The average Bonchev–Trinajstić information content (AvgIpc) is 2.42. The summed E-state index contributed by atoms with van der Waals surface area (Å²) in [5.74, 6) is -0.888. The number of benzene rings is 1. The number of anilines is 1. The van der Waals surface area contributed by atoms with Crippen molar-refractivity contribution in [1.82, 2.24) is 4.98 Å². The van der Waals surface area contributed by atoms with Gasteiger partial charge in [0.15, 0.2) is 0 Å². The highest BCUT2D eigenvalue weighted by Gasteiger charge is 2.17. The lowest BCUT2D eigenvalue weighted by atomic mass is 10.1. The fraction of sp³-hybridized carbons (Fsp3) is 0.231. The molecule has 2 rings (SSSR count). The van der Waals surface area contributed by atoms with E-state index in [0.29, 0.717) is 29.6 Å². The van der Waals surface area contributed by atoms with Gasteiger partial charge in [-0.15, -0.1) is 0 Å². The summed E-state index contributed by atoms with van der Waals surface area (Å²) in [5, 5.41) is 23.2. The summed E-state index contributed by atoms with van der Waals surface area (Å²) in [6.45, 7) is 0.348. The topological polar surface area (TPSA) is 105 Å². The molecule has 0 amide bonds. The number of pyridine rings is 1. The Labute approximate surface area is 114 Å². The van der Waals surface area contributed by atoms with Crippen LogP contribution in [0.4, 0.5) is 11.4 Å². The molecule has 20 heavy (non-hydrogen) atoms. The zero-order valence-electron chi connectivity index (χ0n) is 10.6. The van der Waals surface area contributed by atoms with Gasteiger partial charge in [0.25, 0.3) is 0 Å². The van der Waals surface area contributed by atoms with E-state index in [4.69, 9.17) is 5.11 Å². The van der Waals surface area contributed by atoms with Crippen molar-refractivity contribution in [3.05, 3.63) is 40.6 Å². The molecule has 0 radical (unpaired) electrons. The molecule has 0 fully saturated rings. The van der Waals surface area contributed by atoms with Crippen molar-refractivity contribution in [3.8, 4) is 0 Å². The van der Waals surface area contributed by atoms with Crippen LogP contribution >= 0.6 is 0 Å². The molecule has 7 nitrogen and oxygen atoms in total. The van der Waals surface area contributed by atoms with Crippen molar-refractivity contribution in [2.45, 2.75) is 12.8 Å². The monoisotopic (exact) mass is 275 g/mol. The quantitative estimate of drug-likeness (QED) is 0.476. The van der Waals surface area contributed by atoms with Crippen molar-refractivity contribution >= 4 is 28.2 Å². The first-order valence-corrected chi connectivity index (χ1v) is 6.07. The third-order valence-electron chi connectivity index (χ3n) is 2.82. The molecule has 0 aliphatic rings. The number of rotatable bonds is 6. The van der Waals surface area contributed by atoms with Gasteiger partial charge in [-0.1, -0.05) is 18.2 Å². The van der Waals surface area contributed by atoms with Crippen molar-refractivity contribution in [2.24, 2.45) is 0 Å². The molecule has 0 spiro atoms. The predicted molar refractivity (Wildman–Crippen MR) is 73.8 cm³/mol. The third kappa shape index (κ3) is 3.00. The number of hydrogen-bond acceptors (Lipinski definition) is 5. The van der Waals surface area contributed by atoms with Gasteiger partial charge in [-0.3, -0.25) is 14.9 Å². The Hall–Kier alpha value is -2.70. The minimum atomic E-state index is -0.888. The lowest BCUT2D eigenvalue weighted by molar-refractivity contribution is -0.384. The van der Waals surface area contributed by atoms with Crippen LogP contribution in [0.15, 0.2) is 30.5 Å². The first-order chi connectivity index (χ1) is 9.59. The Morgan fingerprint density at radius 2 is 2.15 bits per heavy atom. The molecule has 2 aromatic rings. The van der Waals surface area contributed by atoms with E-state index >= 15 is 0 Å². The minimum absolute atomic E-state index is 0.0177. The van der Waals surface area contributed by atoms with Crippen LogP contribution in [0.1, 0.15) is 12.8 Å². The summed E-state index contributed by atoms with van der Waals surface area (Å²) in [5.41, 5.74) is 0.920. The lowest BCUT2D eigenvalue weighted by Gasteiger charge is -2.09. The maximum absolute atomic E-state index is 11.0. The lowest BCUT2D eigenvalue weighted by Crippen LogP contribution is -2.07. The Bertz CT molecular complexity index is 657. The smallest absolute Gasteiger partial charge is 0.311 e. The van der Waals surface area contributed by atoms with Crippen LogP contribution in [0.3, 0.4) is 0 Å². The molecule has 2 N–H and O–H groups in total. The maximum Gasteiger partial charge on any atom is 0.311 e. The van der Waals surface area contributed by atoms with E-state index < -0.39 is 10.9 Å². The van der Waals surface area contributed by atoms with Crippen molar-refractivity contribution in [1.29, 1.82) is 0 Å². The number of nitrogens with zero attached hydrogens (tertiary/aromatic N) is 2. The molecule has 1 heterocycles. The van der Waals surface area contributed by atoms with E-state index in [-0.39, 0.29) is 12.1 Å². The van der Waals surface area contributed by atoms with Crippen LogP contribution in [0.5, 0.6) is 0 Å². The van der Waals surface area contributed by atoms with Crippen LogP contribution in [0.25, 0.3) is 10.9 Å². The van der Waals surface area contributed by atoms with E-state index in [0.717, 1.165) is 0 Å². The molecule has 0 unspecified atom stereocenters. The van der Waals surface area contributed by atoms with Crippen LogP contribution in [0, 0.1) is 10.1 Å². The zero-order valence-corrected chi connectivity index (χ0v) is 10.6. The number of carboxylic acids is 1. The molecule has 104 valence electrons. The summed E-state index contributed by atoms with van der Waals surface area (Å²) in [6, 6.07) is 7.09. The number of carbonyl (C=O) groups is 1. The Balaban J connectivity index is 2.30. The number of fused-ring (bicyclic) bond motifs is 1. The second kappa shape index (κ2) is 5.96. The Morgan fingerprint density at radius 3 is 2.85 bits per heavy atom. The van der Waals surface area contributed by atoms with Crippen LogP contribution in [-0.2, 0) is 4.79 Å². The van der Waals surface area contributed by atoms with E-state index in [1.807, 2.05) is 0 Å². The van der Waals surface area contributed by atoms with E-state index in [9.17, 15) is 14.9 Å². The summed E-state index contributed by atoms with van der Waals surface area (Å²) >= 11 is 0. The Morgan fingerprint density at radius 1 is 1.40 bits per heavy atom. The molecular formula is C13H13N3O4. The summed E-state index contributed by atoms with van der Waals surface area (Å²) in [7, 11) is 0. The second-order valence-corrected chi connectivity index (χ2v) is 4.22. The van der Waals surface area contributed by atoms with Gasteiger partial charge in [0.2, 0.25) is 0 Å². The van der Waals surface area contributed by atoms with Gasteiger partial charge in [-0.2, -0.15) is 0 Å². The molecule has 0 aliphatic heterocycles. The van der Waals surface area contributed by atoms with Gasteiger partial charge in [0.1, 0.15) is 11.9 Å². The van der Waals surface area contributed by atoms with Gasteiger partial charge < -0.3 is 10.4 Å². The van der Waals surface area contributed by atoms with Gasteiger partial charge in [-0.25, -0.2) is 4.98 Å². The van der Waals surface area contributed by atoms with Crippen LogP contribution in [-0.4, -0.2) is 27.5 Å². The van der Waals surface area contributed by atoms with Gasteiger partial charge in [-0.05, 0) is 12.5 Å². The van der Waals surface area contributed by atoms with Gasteiger partial charge in [0, 0.05) is 18.4 Å². The highest BCUT2D eigenvalue weighted by Crippen LogP contribution is 2.31. The fourth-order valence-corrected chi connectivity index (χ4v) is 1.91. The maximum atomic E-state index is 11.0. The van der Waals surface area contributed by atoms with Crippen LogP contribution in [0.2, 0.25) is 0 Å². The van der Waals surface area contributed by atoms with Crippen molar-refractivity contribution in [2.75, 3.05) is 11.9 Å². The molecular weight excluding hydrogens is 262 g/mol. The third-order valence-corrected chi connectivity index (χ3v) is 2.82. The molecule has 0 atom stereocenters. The standard InChI is InChI=1S/C13H13N3O4/c17-12(18)6-3-7-14-13-9-4-1-2-5-10(9)15-8-11(13)16(19)20/h1-2,4-5,8H,3,6-7H2,(H,14,15)(H,17,18). The highest BCUT2D eigenvalue weighted by molar-refractivity contribution is 5.95. The van der Waals surface area contributed by atoms with E-state index in [1.54, 1.807) is 24.3 Å². The normalized spacial score (nSPS) is 10.4. The number of nitrogens with one attached hydrogen (secondary N) is 1. The van der Waals surface area contributed by atoms with Crippen molar-refractivity contribution in [3.63, 3.8) is 0 Å². The number of para-hydroxylation sites is 1. The number of aromatic nitrogens is 1. The fourth-order valence-electron chi connectivity index (χ4n) is 1.91. The highest BCUT2D eigenvalue weighted by atomic mass is 16.6. The molecule has 1 aromatic heterocycles. The Kier molecular flexibility index (Phi) is 4.09. The predicted octanol–water partition coefficient (Wildman–Crippen LogP) is 2.42. The average molecular weight is 275 g/mol. The molecule has 0 saturated carbocycles. The molecule has 0 aliphatic carbocycles. The number of nitro groups is 1. The van der Waals surface area contributed by atoms with Crippen molar-refractivity contribution < 1.29 is 14.8 Å². The number of hydrogen-bond donors (Lipinski definition) is 2. The summed E-state index contributed by atoms with van der Waals surface area (Å²) < 4.78 is 0. The van der Waals surface area contributed by atoms with E-state index in [2.05, 4.69) is 10.3 Å². The molecule has 0 bridgehead atoms. The zero-order chi connectivity index (χ0) is 14.5. The molecule has 0 saturated heterocycles.